The lowest BCUT2D eigenvalue weighted by Crippen LogP contribution is -2.21. The summed E-state index contributed by atoms with van der Waals surface area (Å²) in [6, 6.07) is 0. The van der Waals surface area contributed by atoms with Crippen molar-refractivity contribution in [2.24, 2.45) is 7.05 Å². The Morgan fingerprint density at radius 1 is 1.53 bits per heavy atom. The standard InChI is InChI=1S/C9H17N3O3/c1-12-9(10-7-11-12)5-8(13)6-15-4-3-14-2/h7-8,13H,3-6H2,1-2H3. The van der Waals surface area contributed by atoms with E-state index in [0.29, 0.717) is 19.6 Å². The van der Waals surface area contributed by atoms with Gasteiger partial charge in [-0.05, 0) is 0 Å². The van der Waals surface area contributed by atoms with Crippen molar-refractivity contribution in [2.75, 3.05) is 26.9 Å². The number of aromatic nitrogens is 3. The van der Waals surface area contributed by atoms with Crippen LogP contribution in [0.15, 0.2) is 6.33 Å². The summed E-state index contributed by atoms with van der Waals surface area (Å²) in [5.41, 5.74) is 0. The summed E-state index contributed by atoms with van der Waals surface area (Å²) >= 11 is 0. The van der Waals surface area contributed by atoms with Crippen LogP contribution in [0.1, 0.15) is 5.82 Å². The lowest BCUT2D eigenvalue weighted by Gasteiger charge is -2.10. The minimum Gasteiger partial charge on any atom is -0.390 e. The number of aryl methyl sites for hydroxylation is 1. The van der Waals surface area contributed by atoms with E-state index in [-0.39, 0.29) is 6.61 Å². The van der Waals surface area contributed by atoms with Gasteiger partial charge in [0.1, 0.15) is 12.2 Å². The second-order valence-electron chi connectivity index (χ2n) is 3.23. The number of aliphatic hydroxyl groups excluding tert-OH is 1. The lowest BCUT2D eigenvalue weighted by molar-refractivity contribution is 0.0127. The molecule has 0 aliphatic carbocycles. The Kier molecular flexibility index (Phi) is 5.23. The molecule has 6 heteroatoms. The molecule has 0 aliphatic rings. The average Bonchev–Trinajstić information content (AvgIpc) is 2.59. The molecule has 0 amide bonds. The third-order valence-corrected chi connectivity index (χ3v) is 1.97. The van der Waals surface area contributed by atoms with E-state index in [1.807, 2.05) is 0 Å². The highest BCUT2D eigenvalue weighted by Crippen LogP contribution is 1.98. The van der Waals surface area contributed by atoms with E-state index in [1.54, 1.807) is 18.8 Å². The summed E-state index contributed by atoms with van der Waals surface area (Å²) in [6.45, 7) is 1.32. The third-order valence-electron chi connectivity index (χ3n) is 1.97. The maximum Gasteiger partial charge on any atom is 0.138 e. The third kappa shape index (κ3) is 4.37. The van der Waals surface area contributed by atoms with E-state index in [0.717, 1.165) is 5.82 Å². The molecule has 0 bridgehead atoms. The molecule has 1 aromatic rings. The van der Waals surface area contributed by atoms with Gasteiger partial charge in [0.25, 0.3) is 0 Å². The van der Waals surface area contributed by atoms with Crippen molar-refractivity contribution in [1.29, 1.82) is 0 Å². The Labute approximate surface area is 88.8 Å². The Hall–Kier alpha value is -0.980. The largest absolute Gasteiger partial charge is 0.390 e. The van der Waals surface area contributed by atoms with Gasteiger partial charge < -0.3 is 14.6 Å². The van der Waals surface area contributed by atoms with Gasteiger partial charge in [0.05, 0.1) is 25.9 Å². The Balaban J connectivity index is 2.18. The van der Waals surface area contributed by atoms with Crippen molar-refractivity contribution in [3.63, 3.8) is 0 Å². The van der Waals surface area contributed by atoms with Gasteiger partial charge in [0.2, 0.25) is 0 Å². The number of ether oxygens (including phenoxy) is 2. The molecule has 15 heavy (non-hydrogen) atoms. The fraction of sp³-hybridized carbons (Fsp3) is 0.778. The normalized spacial score (nSPS) is 13.0. The molecular formula is C9H17N3O3. The summed E-state index contributed by atoms with van der Waals surface area (Å²) in [5.74, 6) is 0.748. The van der Waals surface area contributed by atoms with Gasteiger partial charge in [-0.2, -0.15) is 5.10 Å². The van der Waals surface area contributed by atoms with Gasteiger partial charge in [-0.1, -0.05) is 0 Å². The summed E-state index contributed by atoms with van der Waals surface area (Å²) in [7, 11) is 3.40. The van der Waals surface area contributed by atoms with E-state index in [1.165, 1.54) is 6.33 Å². The van der Waals surface area contributed by atoms with Gasteiger partial charge in [-0.25, -0.2) is 4.98 Å². The molecule has 0 saturated carbocycles. The number of hydrogen-bond donors (Lipinski definition) is 1. The molecule has 6 nitrogen and oxygen atoms in total. The van der Waals surface area contributed by atoms with Gasteiger partial charge >= 0.3 is 0 Å². The highest BCUT2D eigenvalue weighted by molar-refractivity contribution is 4.86. The zero-order valence-corrected chi connectivity index (χ0v) is 9.09. The van der Waals surface area contributed by atoms with Crippen LogP contribution in [-0.4, -0.2) is 52.9 Å². The lowest BCUT2D eigenvalue weighted by atomic mass is 10.2. The predicted octanol–water partition coefficient (Wildman–Crippen LogP) is -0.619. The molecule has 0 radical (unpaired) electrons. The van der Waals surface area contributed by atoms with Crippen LogP contribution in [0.25, 0.3) is 0 Å². The smallest absolute Gasteiger partial charge is 0.138 e. The average molecular weight is 215 g/mol. The number of methoxy groups -OCH3 is 1. The molecule has 1 rings (SSSR count). The summed E-state index contributed by atoms with van der Waals surface area (Å²) in [5, 5.41) is 13.5. The minimum absolute atomic E-state index is 0.288. The van der Waals surface area contributed by atoms with Gasteiger partial charge in [0, 0.05) is 20.6 Å². The molecule has 1 aromatic heterocycles. The molecular weight excluding hydrogens is 198 g/mol. The highest BCUT2D eigenvalue weighted by atomic mass is 16.5. The molecule has 1 N–H and O–H groups in total. The van der Waals surface area contributed by atoms with Crippen LogP contribution in [0.3, 0.4) is 0 Å². The summed E-state index contributed by atoms with van der Waals surface area (Å²) in [6.07, 6.45) is 1.36. The molecule has 1 unspecified atom stereocenters. The van der Waals surface area contributed by atoms with E-state index in [9.17, 15) is 5.11 Å². The van der Waals surface area contributed by atoms with Crippen LogP contribution < -0.4 is 0 Å². The molecule has 0 aliphatic heterocycles. The van der Waals surface area contributed by atoms with Crippen LogP contribution in [-0.2, 0) is 22.9 Å². The molecule has 0 spiro atoms. The van der Waals surface area contributed by atoms with Crippen molar-refractivity contribution in [2.45, 2.75) is 12.5 Å². The van der Waals surface area contributed by atoms with Crippen LogP contribution >= 0.6 is 0 Å². The molecule has 1 heterocycles. The van der Waals surface area contributed by atoms with Crippen molar-refractivity contribution >= 4 is 0 Å². The Bertz CT molecular complexity index is 277. The van der Waals surface area contributed by atoms with Gasteiger partial charge in [-0.15, -0.1) is 0 Å². The van der Waals surface area contributed by atoms with Crippen LogP contribution in [0, 0.1) is 0 Å². The predicted molar refractivity (Wildman–Crippen MR) is 53.4 cm³/mol. The van der Waals surface area contributed by atoms with Crippen LogP contribution in [0.4, 0.5) is 0 Å². The second kappa shape index (κ2) is 6.49. The Morgan fingerprint density at radius 3 is 2.93 bits per heavy atom. The maximum absolute atomic E-state index is 9.60. The molecule has 0 aromatic carbocycles. The van der Waals surface area contributed by atoms with E-state index in [2.05, 4.69) is 10.1 Å². The monoisotopic (exact) mass is 215 g/mol. The quantitative estimate of drug-likeness (QED) is 0.614. The molecule has 1 atom stereocenters. The first-order chi connectivity index (χ1) is 7.24. The topological polar surface area (TPSA) is 69.4 Å². The van der Waals surface area contributed by atoms with E-state index in [4.69, 9.17) is 9.47 Å². The SMILES string of the molecule is COCCOCC(O)Cc1ncnn1C. The van der Waals surface area contributed by atoms with Crippen molar-refractivity contribution in [1.82, 2.24) is 14.8 Å². The first kappa shape index (κ1) is 12.1. The van der Waals surface area contributed by atoms with Crippen LogP contribution in [0.2, 0.25) is 0 Å². The van der Waals surface area contributed by atoms with Gasteiger partial charge in [0.15, 0.2) is 0 Å². The molecule has 0 fully saturated rings. The number of hydrogen-bond acceptors (Lipinski definition) is 5. The van der Waals surface area contributed by atoms with Crippen molar-refractivity contribution < 1.29 is 14.6 Å². The first-order valence-electron chi connectivity index (χ1n) is 4.81. The van der Waals surface area contributed by atoms with E-state index < -0.39 is 6.10 Å². The first-order valence-corrected chi connectivity index (χ1v) is 4.81. The fourth-order valence-corrected chi connectivity index (χ4v) is 1.14. The van der Waals surface area contributed by atoms with Crippen LogP contribution in [0.5, 0.6) is 0 Å². The summed E-state index contributed by atoms with van der Waals surface area (Å²) < 4.78 is 11.6. The van der Waals surface area contributed by atoms with Gasteiger partial charge in [-0.3, -0.25) is 4.68 Å². The van der Waals surface area contributed by atoms with Crippen molar-refractivity contribution in [3.8, 4) is 0 Å². The number of nitrogens with zero attached hydrogens (tertiary/aromatic N) is 3. The maximum atomic E-state index is 9.60. The zero-order chi connectivity index (χ0) is 11.1. The molecule has 86 valence electrons. The Morgan fingerprint density at radius 2 is 2.33 bits per heavy atom. The van der Waals surface area contributed by atoms with Crippen molar-refractivity contribution in [3.05, 3.63) is 12.2 Å². The van der Waals surface area contributed by atoms with E-state index >= 15 is 0 Å². The zero-order valence-electron chi connectivity index (χ0n) is 9.09. The minimum atomic E-state index is -0.551. The second-order valence-corrected chi connectivity index (χ2v) is 3.23. The fourth-order valence-electron chi connectivity index (χ4n) is 1.14. The summed E-state index contributed by atoms with van der Waals surface area (Å²) in [4.78, 5) is 4.01. The highest BCUT2D eigenvalue weighted by Gasteiger charge is 2.09. The molecule has 0 saturated heterocycles. The number of rotatable bonds is 7. The number of aliphatic hydroxyl groups is 1.